The standard InChI is InChI=1S/C16H14BrN3O2S2/c1-11-2-6-13(7-3-11)15-18-19-16(23-15)20-24(21,22)10-12-4-8-14(17)9-5-12/h2-9H,10H2,1H3,(H,19,20). The molecular formula is C16H14BrN3O2S2. The zero-order valence-corrected chi connectivity index (χ0v) is 16.0. The van der Waals surface area contributed by atoms with Crippen LogP contribution in [0.25, 0.3) is 10.6 Å². The molecule has 3 rings (SSSR count). The van der Waals surface area contributed by atoms with Gasteiger partial charge in [-0.15, -0.1) is 10.2 Å². The zero-order chi connectivity index (χ0) is 17.2. The number of anilines is 1. The molecule has 0 saturated heterocycles. The number of aromatic nitrogens is 2. The molecule has 8 heteroatoms. The molecule has 1 aromatic heterocycles. The van der Waals surface area contributed by atoms with Crippen LogP contribution in [0.3, 0.4) is 0 Å². The predicted molar refractivity (Wildman–Crippen MR) is 100 cm³/mol. The van der Waals surface area contributed by atoms with E-state index < -0.39 is 10.0 Å². The van der Waals surface area contributed by atoms with E-state index in [9.17, 15) is 8.42 Å². The third-order valence-electron chi connectivity index (χ3n) is 3.24. The van der Waals surface area contributed by atoms with Crippen molar-refractivity contribution in [2.75, 3.05) is 4.72 Å². The first-order chi connectivity index (χ1) is 11.4. The Bertz CT molecular complexity index is 936. The highest BCUT2D eigenvalue weighted by Gasteiger charge is 2.15. The Balaban J connectivity index is 1.73. The van der Waals surface area contributed by atoms with Crippen LogP contribution in [0.1, 0.15) is 11.1 Å². The molecule has 1 heterocycles. The van der Waals surface area contributed by atoms with Gasteiger partial charge in [0.05, 0.1) is 5.75 Å². The van der Waals surface area contributed by atoms with E-state index in [1.54, 1.807) is 12.1 Å². The van der Waals surface area contributed by atoms with Gasteiger partial charge in [0, 0.05) is 10.0 Å². The minimum absolute atomic E-state index is 0.111. The van der Waals surface area contributed by atoms with Gasteiger partial charge >= 0.3 is 0 Å². The van der Waals surface area contributed by atoms with E-state index in [1.165, 1.54) is 11.3 Å². The Morgan fingerprint density at radius 2 is 1.71 bits per heavy atom. The second kappa shape index (κ2) is 7.00. The normalized spacial score (nSPS) is 11.4. The Morgan fingerprint density at radius 1 is 1.04 bits per heavy atom. The lowest BCUT2D eigenvalue weighted by atomic mass is 10.2. The number of aryl methyl sites for hydroxylation is 1. The van der Waals surface area contributed by atoms with E-state index in [-0.39, 0.29) is 10.9 Å². The molecule has 0 aliphatic rings. The van der Waals surface area contributed by atoms with Crippen molar-refractivity contribution in [1.29, 1.82) is 0 Å². The van der Waals surface area contributed by atoms with E-state index in [0.29, 0.717) is 10.6 Å². The van der Waals surface area contributed by atoms with Gasteiger partial charge in [-0.25, -0.2) is 8.42 Å². The number of sulfonamides is 1. The van der Waals surface area contributed by atoms with E-state index in [2.05, 4.69) is 30.8 Å². The summed E-state index contributed by atoms with van der Waals surface area (Å²) in [6.07, 6.45) is 0. The summed E-state index contributed by atoms with van der Waals surface area (Å²) in [5.74, 6) is -0.111. The van der Waals surface area contributed by atoms with Crippen molar-refractivity contribution in [3.8, 4) is 10.6 Å². The van der Waals surface area contributed by atoms with Crippen LogP contribution in [0, 0.1) is 6.92 Å². The number of nitrogens with zero attached hydrogens (tertiary/aromatic N) is 2. The van der Waals surface area contributed by atoms with Gasteiger partial charge in [0.15, 0.2) is 0 Å². The maximum atomic E-state index is 12.3. The summed E-state index contributed by atoms with van der Waals surface area (Å²) < 4.78 is 27.9. The molecule has 0 spiro atoms. The van der Waals surface area contributed by atoms with Crippen molar-refractivity contribution in [3.05, 3.63) is 64.1 Å². The number of nitrogens with one attached hydrogen (secondary N) is 1. The molecule has 1 N–H and O–H groups in total. The highest BCUT2D eigenvalue weighted by atomic mass is 79.9. The van der Waals surface area contributed by atoms with Crippen molar-refractivity contribution in [2.45, 2.75) is 12.7 Å². The molecular weight excluding hydrogens is 410 g/mol. The fourth-order valence-electron chi connectivity index (χ4n) is 2.05. The molecule has 2 aromatic carbocycles. The third kappa shape index (κ3) is 4.40. The summed E-state index contributed by atoms with van der Waals surface area (Å²) >= 11 is 4.54. The monoisotopic (exact) mass is 423 g/mol. The van der Waals surface area contributed by atoms with E-state index in [1.807, 2.05) is 43.3 Å². The van der Waals surface area contributed by atoms with Crippen molar-refractivity contribution in [3.63, 3.8) is 0 Å². The van der Waals surface area contributed by atoms with Gasteiger partial charge in [0.1, 0.15) is 5.01 Å². The Kier molecular flexibility index (Phi) is 4.98. The van der Waals surface area contributed by atoms with Gasteiger partial charge in [-0.2, -0.15) is 0 Å². The van der Waals surface area contributed by atoms with Crippen LogP contribution in [-0.2, 0) is 15.8 Å². The van der Waals surface area contributed by atoms with E-state index >= 15 is 0 Å². The molecule has 0 amide bonds. The quantitative estimate of drug-likeness (QED) is 0.666. The summed E-state index contributed by atoms with van der Waals surface area (Å²) in [5, 5.41) is 8.92. The smallest absolute Gasteiger partial charge is 0.238 e. The molecule has 24 heavy (non-hydrogen) atoms. The molecule has 0 aliphatic heterocycles. The Morgan fingerprint density at radius 3 is 2.38 bits per heavy atom. The van der Waals surface area contributed by atoms with E-state index in [4.69, 9.17) is 0 Å². The van der Waals surface area contributed by atoms with E-state index in [0.717, 1.165) is 15.6 Å². The van der Waals surface area contributed by atoms with Crippen molar-refractivity contribution in [1.82, 2.24) is 10.2 Å². The number of rotatable bonds is 5. The molecule has 0 radical (unpaired) electrons. The molecule has 5 nitrogen and oxygen atoms in total. The summed E-state index contributed by atoms with van der Waals surface area (Å²) in [6.45, 7) is 2.01. The molecule has 3 aromatic rings. The number of hydrogen-bond acceptors (Lipinski definition) is 5. The first kappa shape index (κ1) is 17.1. The SMILES string of the molecule is Cc1ccc(-c2nnc(NS(=O)(=O)Cc3ccc(Br)cc3)s2)cc1. The molecule has 0 fully saturated rings. The van der Waals surface area contributed by atoms with Crippen LogP contribution in [0.5, 0.6) is 0 Å². The Labute approximate surface area is 153 Å². The van der Waals surface area contributed by atoms with Crippen LogP contribution in [0.2, 0.25) is 0 Å². The predicted octanol–water partition coefficient (Wildman–Crippen LogP) is 4.22. The highest BCUT2D eigenvalue weighted by Crippen LogP contribution is 2.27. The fourth-order valence-corrected chi connectivity index (χ4v) is 4.47. The summed E-state index contributed by atoms with van der Waals surface area (Å²) in [4.78, 5) is 0. The van der Waals surface area contributed by atoms with Crippen LogP contribution < -0.4 is 4.72 Å². The lowest BCUT2D eigenvalue weighted by molar-refractivity contribution is 0.600. The molecule has 0 aliphatic carbocycles. The zero-order valence-electron chi connectivity index (χ0n) is 12.7. The minimum Gasteiger partial charge on any atom is -0.257 e. The average molecular weight is 424 g/mol. The molecule has 124 valence electrons. The molecule has 0 bridgehead atoms. The van der Waals surface area contributed by atoms with Gasteiger partial charge in [-0.1, -0.05) is 69.2 Å². The first-order valence-electron chi connectivity index (χ1n) is 7.07. The molecule has 0 unspecified atom stereocenters. The van der Waals surface area contributed by atoms with Gasteiger partial charge < -0.3 is 0 Å². The van der Waals surface area contributed by atoms with Crippen molar-refractivity contribution in [2.24, 2.45) is 0 Å². The first-order valence-corrected chi connectivity index (χ1v) is 10.3. The summed E-state index contributed by atoms with van der Waals surface area (Å²) in [5.41, 5.74) is 2.77. The third-order valence-corrected chi connectivity index (χ3v) is 6.00. The topological polar surface area (TPSA) is 72.0 Å². The van der Waals surface area contributed by atoms with Gasteiger partial charge in [-0.05, 0) is 24.6 Å². The van der Waals surface area contributed by atoms with Crippen LogP contribution >= 0.6 is 27.3 Å². The maximum absolute atomic E-state index is 12.3. The van der Waals surface area contributed by atoms with Crippen molar-refractivity contribution >= 4 is 42.4 Å². The lowest BCUT2D eigenvalue weighted by Crippen LogP contribution is -2.14. The summed E-state index contributed by atoms with van der Waals surface area (Å²) in [7, 11) is -3.53. The van der Waals surface area contributed by atoms with Crippen LogP contribution in [0.4, 0.5) is 5.13 Å². The highest BCUT2D eigenvalue weighted by molar-refractivity contribution is 9.10. The Hall–Kier alpha value is -1.77. The van der Waals surface area contributed by atoms with Crippen LogP contribution in [0.15, 0.2) is 53.0 Å². The molecule has 0 saturated carbocycles. The fraction of sp³-hybridized carbons (Fsp3) is 0.125. The van der Waals surface area contributed by atoms with Gasteiger partial charge in [0.2, 0.25) is 15.2 Å². The number of halogens is 1. The second-order valence-corrected chi connectivity index (χ2v) is 8.88. The lowest BCUT2D eigenvalue weighted by Gasteiger charge is -2.04. The number of benzene rings is 2. The minimum atomic E-state index is -3.53. The van der Waals surface area contributed by atoms with Gasteiger partial charge in [-0.3, -0.25) is 4.72 Å². The van der Waals surface area contributed by atoms with Crippen LogP contribution in [-0.4, -0.2) is 18.6 Å². The summed E-state index contributed by atoms with van der Waals surface area (Å²) in [6, 6.07) is 15.0. The molecule has 0 atom stereocenters. The second-order valence-electron chi connectivity index (χ2n) is 5.27. The van der Waals surface area contributed by atoms with Crippen molar-refractivity contribution < 1.29 is 8.42 Å². The largest absolute Gasteiger partial charge is 0.257 e. The average Bonchev–Trinajstić information content (AvgIpc) is 2.98. The maximum Gasteiger partial charge on any atom is 0.238 e. The number of hydrogen-bond donors (Lipinski definition) is 1. The van der Waals surface area contributed by atoms with Gasteiger partial charge in [0.25, 0.3) is 0 Å².